The molecule has 2 amide bonds. The van der Waals surface area contributed by atoms with E-state index in [1.807, 2.05) is 0 Å². The fraction of sp³-hybridized carbons (Fsp3) is 0.619. The summed E-state index contributed by atoms with van der Waals surface area (Å²) in [5.74, 6) is -0.259. The summed E-state index contributed by atoms with van der Waals surface area (Å²) in [5, 5.41) is 5.48. The van der Waals surface area contributed by atoms with Gasteiger partial charge in [-0.05, 0) is 80.8 Å². The van der Waals surface area contributed by atoms with Gasteiger partial charge in [-0.25, -0.2) is 8.78 Å². The van der Waals surface area contributed by atoms with Crippen LogP contribution in [0.5, 0.6) is 0 Å². The molecule has 4 saturated carbocycles. The first kappa shape index (κ1) is 18.4. The normalized spacial score (nSPS) is 32.2. The van der Waals surface area contributed by atoms with Crippen molar-refractivity contribution in [3.8, 4) is 0 Å². The number of halogens is 2. The van der Waals surface area contributed by atoms with Crippen LogP contribution in [0.25, 0.3) is 0 Å². The molecule has 1 atom stereocenters. The molecule has 0 radical (unpaired) electrons. The van der Waals surface area contributed by atoms with Crippen molar-refractivity contribution >= 4 is 11.8 Å². The molecule has 1 aromatic rings. The lowest BCUT2D eigenvalue weighted by atomic mass is 9.48. The third-order valence-electron chi connectivity index (χ3n) is 6.97. The van der Waals surface area contributed by atoms with Crippen LogP contribution in [0.3, 0.4) is 0 Å². The van der Waals surface area contributed by atoms with E-state index < -0.39 is 17.5 Å². The molecule has 6 heteroatoms. The average Bonchev–Trinajstić information content (AvgIpc) is 2.58. The quantitative estimate of drug-likeness (QED) is 0.827. The fourth-order valence-corrected chi connectivity index (χ4v) is 6.08. The van der Waals surface area contributed by atoms with E-state index in [0.717, 1.165) is 29.9 Å². The minimum absolute atomic E-state index is 0.0675. The SMILES string of the molecule is C[C@@H](NC(=O)CNC(=O)c1ccc(F)cc1F)C12CC3CC(CC(C3)C1)C2. The second kappa shape index (κ2) is 6.88. The van der Waals surface area contributed by atoms with Crippen molar-refractivity contribution in [2.24, 2.45) is 23.2 Å². The Morgan fingerprint density at radius 1 is 1.11 bits per heavy atom. The minimum Gasteiger partial charge on any atom is -0.352 e. The van der Waals surface area contributed by atoms with Crippen molar-refractivity contribution in [3.05, 3.63) is 35.4 Å². The van der Waals surface area contributed by atoms with Gasteiger partial charge >= 0.3 is 0 Å². The summed E-state index contributed by atoms with van der Waals surface area (Å²) in [4.78, 5) is 24.4. The van der Waals surface area contributed by atoms with Gasteiger partial charge in [-0.15, -0.1) is 0 Å². The molecule has 27 heavy (non-hydrogen) atoms. The number of hydrogen-bond donors (Lipinski definition) is 2. The van der Waals surface area contributed by atoms with E-state index in [-0.39, 0.29) is 29.5 Å². The van der Waals surface area contributed by atoms with Crippen LogP contribution in [-0.2, 0) is 4.79 Å². The van der Waals surface area contributed by atoms with Gasteiger partial charge in [0.1, 0.15) is 11.6 Å². The van der Waals surface area contributed by atoms with E-state index in [1.165, 1.54) is 38.5 Å². The lowest BCUT2D eigenvalue weighted by Crippen LogP contribution is -2.56. The van der Waals surface area contributed by atoms with Crippen molar-refractivity contribution < 1.29 is 18.4 Å². The Morgan fingerprint density at radius 3 is 2.26 bits per heavy atom. The third kappa shape index (κ3) is 3.58. The molecular formula is C21H26F2N2O2. The van der Waals surface area contributed by atoms with Crippen LogP contribution < -0.4 is 10.6 Å². The van der Waals surface area contributed by atoms with Gasteiger partial charge in [-0.2, -0.15) is 0 Å². The van der Waals surface area contributed by atoms with Crippen molar-refractivity contribution in [2.75, 3.05) is 6.54 Å². The summed E-state index contributed by atoms with van der Waals surface area (Å²) in [6.07, 6.45) is 7.60. The number of nitrogens with one attached hydrogen (secondary N) is 2. The van der Waals surface area contributed by atoms with E-state index in [1.54, 1.807) is 0 Å². The van der Waals surface area contributed by atoms with Crippen LogP contribution in [-0.4, -0.2) is 24.4 Å². The van der Waals surface area contributed by atoms with Crippen LogP contribution in [0.4, 0.5) is 8.78 Å². The number of carbonyl (C=O) groups is 2. The molecule has 1 aromatic carbocycles. The van der Waals surface area contributed by atoms with Gasteiger partial charge in [-0.3, -0.25) is 9.59 Å². The fourth-order valence-electron chi connectivity index (χ4n) is 6.08. The van der Waals surface area contributed by atoms with Crippen LogP contribution in [0.1, 0.15) is 55.8 Å². The molecule has 0 heterocycles. The van der Waals surface area contributed by atoms with Crippen molar-refractivity contribution in [1.82, 2.24) is 10.6 Å². The molecular weight excluding hydrogens is 350 g/mol. The Labute approximate surface area is 158 Å². The Balaban J connectivity index is 1.32. The highest BCUT2D eigenvalue weighted by atomic mass is 19.1. The molecule has 0 unspecified atom stereocenters. The highest BCUT2D eigenvalue weighted by Gasteiger charge is 2.53. The zero-order valence-electron chi connectivity index (χ0n) is 15.6. The first-order valence-electron chi connectivity index (χ1n) is 9.87. The van der Waals surface area contributed by atoms with Crippen molar-refractivity contribution in [1.29, 1.82) is 0 Å². The van der Waals surface area contributed by atoms with Gasteiger partial charge in [0, 0.05) is 12.1 Å². The van der Waals surface area contributed by atoms with E-state index in [0.29, 0.717) is 6.07 Å². The number of rotatable bonds is 5. The van der Waals surface area contributed by atoms with Gasteiger partial charge in [0.05, 0.1) is 12.1 Å². The summed E-state index contributed by atoms with van der Waals surface area (Å²) in [5.41, 5.74) is -0.0735. The van der Waals surface area contributed by atoms with Gasteiger partial charge in [0.15, 0.2) is 0 Å². The maximum Gasteiger partial charge on any atom is 0.254 e. The number of hydrogen-bond acceptors (Lipinski definition) is 2. The lowest BCUT2D eigenvalue weighted by Gasteiger charge is -2.59. The molecule has 0 aliphatic heterocycles. The summed E-state index contributed by atoms with van der Waals surface area (Å²) >= 11 is 0. The first-order chi connectivity index (χ1) is 12.8. The summed E-state index contributed by atoms with van der Waals surface area (Å²) < 4.78 is 26.6. The molecule has 0 saturated heterocycles. The van der Waals surface area contributed by atoms with Gasteiger partial charge < -0.3 is 10.6 Å². The molecule has 146 valence electrons. The molecule has 2 N–H and O–H groups in total. The van der Waals surface area contributed by atoms with E-state index in [2.05, 4.69) is 17.6 Å². The second-order valence-electron chi connectivity index (χ2n) is 8.88. The summed E-state index contributed by atoms with van der Waals surface area (Å²) in [7, 11) is 0. The summed E-state index contributed by atoms with van der Waals surface area (Å²) in [6, 6.07) is 2.82. The standard InChI is InChI=1S/C21H26F2N2O2/c1-12(21-8-13-4-14(9-21)6-15(5-13)10-21)25-19(26)11-24-20(27)17-3-2-16(22)7-18(17)23/h2-3,7,12-15H,4-6,8-11H2,1H3,(H,24,27)(H,25,26)/t12-,13?,14?,15?,21?/m1/s1. The van der Waals surface area contributed by atoms with Gasteiger partial charge in [-0.1, -0.05) is 0 Å². The van der Waals surface area contributed by atoms with Gasteiger partial charge in [0.25, 0.3) is 5.91 Å². The maximum atomic E-state index is 13.7. The third-order valence-corrected chi connectivity index (χ3v) is 6.97. The molecule has 4 bridgehead atoms. The Bertz CT molecular complexity index is 729. The molecule has 4 aliphatic rings. The smallest absolute Gasteiger partial charge is 0.254 e. The largest absolute Gasteiger partial charge is 0.352 e. The highest BCUT2D eigenvalue weighted by molar-refractivity contribution is 5.96. The second-order valence-corrected chi connectivity index (χ2v) is 8.88. The molecule has 4 nitrogen and oxygen atoms in total. The van der Waals surface area contributed by atoms with E-state index >= 15 is 0 Å². The van der Waals surface area contributed by atoms with E-state index in [4.69, 9.17) is 0 Å². The van der Waals surface area contributed by atoms with Crippen LogP contribution in [0.15, 0.2) is 18.2 Å². The van der Waals surface area contributed by atoms with Crippen LogP contribution in [0, 0.1) is 34.8 Å². The highest BCUT2D eigenvalue weighted by Crippen LogP contribution is 2.61. The Kier molecular flexibility index (Phi) is 4.68. The molecule has 5 rings (SSSR count). The lowest BCUT2D eigenvalue weighted by molar-refractivity contribution is -0.124. The monoisotopic (exact) mass is 376 g/mol. The van der Waals surface area contributed by atoms with Crippen molar-refractivity contribution in [2.45, 2.75) is 51.5 Å². The molecule has 4 fully saturated rings. The zero-order valence-corrected chi connectivity index (χ0v) is 15.6. The van der Waals surface area contributed by atoms with Crippen LogP contribution >= 0.6 is 0 Å². The molecule has 0 spiro atoms. The summed E-state index contributed by atoms with van der Waals surface area (Å²) in [6.45, 7) is 1.86. The van der Waals surface area contributed by atoms with Crippen LogP contribution in [0.2, 0.25) is 0 Å². The molecule has 0 aromatic heterocycles. The number of benzene rings is 1. The maximum absolute atomic E-state index is 13.7. The average molecular weight is 376 g/mol. The first-order valence-corrected chi connectivity index (χ1v) is 9.87. The zero-order chi connectivity index (χ0) is 19.2. The number of amides is 2. The molecule has 4 aliphatic carbocycles. The Morgan fingerprint density at radius 2 is 1.70 bits per heavy atom. The topological polar surface area (TPSA) is 58.2 Å². The Hall–Kier alpha value is -1.98. The number of carbonyl (C=O) groups excluding carboxylic acids is 2. The van der Waals surface area contributed by atoms with Crippen molar-refractivity contribution in [3.63, 3.8) is 0 Å². The van der Waals surface area contributed by atoms with Gasteiger partial charge in [0.2, 0.25) is 5.91 Å². The predicted molar refractivity (Wildman–Crippen MR) is 96.9 cm³/mol. The van der Waals surface area contributed by atoms with E-state index in [9.17, 15) is 18.4 Å². The predicted octanol–water partition coefficient (Wildman–Crippen LogP) is 3.42. The minimum atomic E-state index is -0.935.